The Morgan fingerprint density at radius 3 is 3.00 bits per heavy atom. The molecule has 132 valence electrons. The molecule has 6 nitrogen and oxygen atoms in total. The van der Waals surface area contributed by atoms with Crippen LogP contribution in [0.3, 0.4) is 0 Å². The highest BCUT2D eigenvalue weighted by atomic mass is 32.2. The third kappa shape index (κ3) is 2.48. The molecule has 0 radical (unpaired) electrons. The molecule has 3 fully saturated rings. The van der Waals surface area contributed by atoms with Crippen molar-refractivity contribution in [3.8, 4) is 0 Å². The predicted molar refractivity (Wildman–Crippen MR) is 90.7 cm³/mol. The van der Waals surface area contributed by atoms with Crippen molar-refractivity contribution in [2.24, 2.45) is 11.8 Å². The molecule has 0 N–H and O–H groups in total. The lowest BCUT2D eigenvalue weighted by Gasteiger charge is -2.32. The van der Waals surface area contributed by atoms with Gasteiger partial charge in [-0.15, -0.1) is 0 Å². The first-order chi connectivity index (χ1) is 11.7. The fourth-order valence-electron chi connectivity index (χ4n) is 4.36. The van der Waals surface area contributed by atoms with E-state index in [4.69, 9.17) is 9.47 Å². The number of fused-ring (bicyclic) bond motifs is 1. The number of amides is 2. The van der Waals surface area contributed by atoms with Crippen molar-refractivity contribution >= 4 is 23.6 Å². The standard InChI is InChI=1S/C17H24N2O4S/c1-2-22-8-5-19-11-17-4-3-12(23-17)13(14(17)16(19)21)15(20)18-6-9-24-10-7-18/h3-4,12-14H,2,5-11H2,1H3/t12-,13?,14?,17-/m0/s1. The van der Waals surface area contributed by atoms with Crippen molar-refractivity contribution in [3.05, 3.63) is 12.2 Å². The Balaban J connectivity index is 1.52. The molecule has 2 amide bonds. The summed E-state index contributed by atoms with van der Waals surface area (Å²) in [7, 11) is 0. The Kier molecular flexibility index (Phi) is 4.34. The van der Waals surface area contributed by atoms with Crippen molar-refractivity contribution in [1.82, 2.24) is 9.80 Å². The van der Waals surface area contributed by atoms with E-state index in [0.29, 0.717) is 26.3 Å². The van der Waals surface area contributed by atoms with E-state index in [9.17, 15) is 9.59 Å². The van der Waals surface area contributed by atoms with Gasteiger partial charge in [0.25, 0.3) is 0 Å². The van der Waals surface area contributed by atoms with Gasteiger partial charge in [-0.2, -0.15) is 11.8 Å². The topological polar surface area (TPSA) is 59.1 Å². The van der Waals surface area contributed by atoms with Crippen molar-refractivity contribution in [3.63, 3.8) is 0 Å². The third-order valence-electron chi connectivity index (χ3n) is 5.50. The maximum absolute atomic E-state index is 13.0. The maximum atomic E-state index is 13.0. The number of carbonyl (C=O) groups is 2. The highest BCUT2D eigenvalue weighted by Gasteiger charge is 2.67. The van der Waals surface area contributed by atoms with Crippen molar-refractivity contribution in [1.29, 1.82) is 0 Å². The van der Waals surface area contributed by atoms with E-state index in [2.05, 4.69) is 0 Å². The molecule has 4 aliphatic rings. The molecule has 0 aromatic carbocycles. The Hall–Kier alpha value is -1.05. The van der Waals surface area contributed by atoms with Gasteiger partial charge in [0, 0.05) is 37.7 Å². The highest BCUT2D eigenvalue weighted by Crippen LogP contribution is 2.52. The van der Waals surface area contributed by atoms with Crippen LogP contribution in [0, 0.1) is 11.8 Å². The van der Waals surface area contributed by atoms with Crippen LogP contribution in [0.1, 0.15) is 6.92 Å². The maximum Gasteiger partial charge on any atom is 0.230 e. The molecule has 0 saturated carbocycles. The zero-order valence-corrected chi connectivity index (χ0v) is 14.8. The summed E-state index contributed by atoms with van der Waals surface area (Å²) in [6.07, 6.45) is 3.75. The number of likely N-dealkylation sites (tertiary alicyclic amines) is 1. The number of ether oxygens (including phenoxy) is 2. The molecular weight excluding hydrogens is 328 g/mol. The van der Waals surface area contributed by atoms with E-state index in [1.807, 2.05) is 35.7 Å². The predicted octanol–water partition coefficient (Wildman–Crippen LogP) is 0.380. The lowest BCUT2D eigenvalue weighted by Crippen LogP contribution is -2.48. The Morgan fingerprint density at radius 2 is 2.25 bits per heavy atom. The largest absolute Gasteiger partial charge is 0.380 e. The molecule has 4 atom stereocenters. The van der Waals surface area contributed by atoms with Gasteiger partial charge in [-0.25, -0.2) is 0 Å². The minimum atomic E-state index is -0.598. The van der Waals surface area contributed by atoms with Gasteiger partial charge in [-0.1, -0.05) is 12.2 Å². The first kappa shape index (κ1) is 16.4. The van der Waals surface area contributed by atoms with Crippen molar-refractivity contribution in [2.45, 2.75) is 18.6 Å². The van der Waals surface area contributed by atoms with Crippen LogP contribution >= 0.6 is 11.8 Å². The molecule has 2 bridgehead atoms. The smallest absolute Gasteiger partial charge is 0.230 e. The molecule has 7 heteroatoms. The quantitative estimate of drug-likeness (QED) is 0.529. The van der Waals surface area contributed by atoms with Gasteiger partial charge in [-0.05, 0) is 6.92 Å². The second kappa shape index (κ2) is 6.35. The highest BCUT2D eigenvalue weighted by molar-refractivity contribution is 7.99. The van der Waals surface area contributed by atoms with Crippen LogP contribution in [0.15, 0.2) is 12.2 Å². The summed E-state index contributed by atoms with van der Waals surface area (Å²) >= 11 is 1.88. The van der Waals surface area contributed by atoms with Crippen LogP contribution in [0.25, 0.3) is 0 Å². The number of hydrogen-bond donors (Lipinski definition) is 0. The van der Waals surface area contributed by atoms with Gasteiger partial charge in [-0.3, -0.25) is 9.59 Å². The monoisotopic (exact) mass is 352 g/mol. The second-order valence-corrected chi connectivity index (χ2v) is 8.02. The van der Waals surface area contributed by atoms with E-state index < -0.39 is 5.60 Å². The SMILES string of the molecule is CCOCCN1C[C@]23C=C[C@H](O2)C(C(=O)N2CCSCC2)C3C1=O. The van der Waals surface area contributed by atoms with Crippen LogP contribution in [0.2, 0.25) is 0 Å². The lowest BCUT2D eigenvalue weighted by atomic mass is 9.76. The molecule has 2 unspecified atom stereocenters. The molecule has 4 heterocycles. The normalized spacial score (nSPS) is 37.4. The summed E-state index contributed by atoms with van der Waals surface area (Å²) in [6, 6.07) is 0. The summed E-state index contributed by atoms with van der Waals surface area (Å²) in [6.45, 7) is 5.77. The average Bonchev–Trinajstić information content (AvgIpc) is 3.24. The van der Waals surface area contributed by atoms with E-state index >= 15 is 0 Å². The second-order valence-electron chi connectivity index (χ2n) is 6.79. The lowest BCUT2D eigenvalue weighted by molar-refractivity contribution is -0.143. The third-order valence-corrected chi connectivity index (χ3v) is 6.44. The summed E-state index contributed by atoms with van der Waals surface area (Å²) in [4.78, 5) is 29.7. The fraction of sp³-hybridized carbons (Fsp3) is 0.765. The first-order valence-corrected chi connectivity index (χ1v) is 9.92. The van der Waals surface area contributed by atoms with Crippen LogP contribution in [-0.2, 0) is 19.1 Å². The van der Waals surface area contributed by atoms with E-state index in [0.717, 1.165) is 24.6 Å². The van der Waals surface area contributed by atoms with Gasteiger partial charge < -0.3 is 19.3 Å². The van der Waals surface area contributed by atoms with Crippen LogP contribution in [-0.4, -0.2) is 84.2 Å². The molecule has 1 spiro atoms. The molecule has 4 aliphatic heterocycles. The summed E-state index contributed by atoms with van der Waals surface area (Å²) in [5.41, 5.74) is -0.598. The number of rotatable bonds is 5. The van der Waals surface area contributed by atoms with Crippen LogP contribution in [0.4, 0.5) is 0 Å². The van der Waals surface area contributed by atoms with Crippen molar-refractivity contribution in [2.75, 3.05) is 50.9 Å². The van der Waals surface area contributed by atoms with E-state index in [1.54, 1.807) is 4.90 Å². The number of nitrogens with zero attached hydrogens (tertiary/aromatic N) is 2. The summed E-state index contributed by atoms with van der Waals surface area (Å²) in [5.74, 6) is 1.37. The van der Waals surface area contributed by atoms with Crippen molar-refractivity contribution < 1.29 is 19.1 Å². The molecule has 0 aromatic rings. The molecule has 3 saturated heterocycles. The Morgan fingerprint density at radius 1 is 1.46 bits per heavy atom. The number of hydrogen-bond acceptors (Lipinski definition) is 5. The molecule has 0 aromatic heterocycles. The minimum absolute atomic E-state index is 0.0475. The fourth-order valence-corrected chi connectivity index (χ4v) is 5.27. The molecule has 4 rings (SSSR count). The van der Waals surface area contributed by atoms with Gasteiger partial charge in [0.2, 0.25) is 11.8 Å². The van der Waals surface area contributed by atoms with E-state index in [1.165, 1.54) is 0 Å². The van der Waals surface area contributed by atoms with Gasteiger partial charge in [0.1, 0.15) is 5.60 Å². The van der Waals surface area contributed by atoms with Gasteiger partial charge in [0.05, 0.1) is 31.1 Å². The number of thioether (sulfide) groups is 1. The summed E-state index contributed by atoms with van der Waals surface area (Å²) < 4.78 is 11.5. The van der Waals surface area contributed by atoms with Gasteiger partial charge >= 0.3 is 0 Å². The zero-order valence-electron chi connectivity index (χ0n) is 14.0. The van der Waals surface area contributed by atoms with Crippen LogP contribution < -0.4 is 0 Å². The zero-order chi connectivity index (χ0) is 16.7. The van der Waals surface area contributed by atoms with Gasteiger partial charge in [0.15, 0.2) is 0 Å². The molecular formula is C17H24N2O4S. The molecule has 0 aliphatic carbocycles. The number of carbonyl (C=O) groups excluding carboxylic acids is 2. The average molecular weight is 352 g/mol. The molecule has 24 heavy (non-hydrogen) atoms. The van der Waals surface area contributed by atoms with Crippen LogP contribution in [0.5, 0.6) is 0 Å². The van der Waals surface area contributed by atoms with E-state index in [-0.39, 0.29) is 29.8 Å². The summed E-state index contributed by atoms with van der Waals surface area (Å²) in [5, 5.41) is 0. The Bertz CT molecular complexity index is 563. The minimum Gasteiger partial charge on any atom is -0.380 e. The Labute approximate surface area is 146 Å². The first-order valence-electron chi connectivity index (χ1n) is 8.76.